The van der Waals surface area contributed by atoms with Gasteiger partial charge in [-0.05, 0) is 24.3 Å². The van der Waals surface area contributed by atoms with Crippen molar-refractivity contribution in [2.75, 3.05) is 0 Å². The molecule has 0 amide bonds. The highest BCUT2D eigenvalue weighted by atomic mass is 16.5. The zero-order valence-electron chi connectivity index (χ0n) is 6.40. The van der Waals surface area contributed by atoms with Gasteiger partial charge in [0.25, 0.3) is 0 Å². The van der Waals surface area contributed by atoms with Crippen molar-refractivity contribution in [1.29, 1.82) is 0 Å². The summed E-state index contributed by atoms with van der Waals surface area (Å²) in [6, 6.07) is 5.73. The molecule has 0 fully saturated rings. The second kappa shape index (κ2) is 3.09. The summed E-state index contributed by atoms with van der Waals surface area (Å²) >= 11 is 0. The topological polar surface area (TPSA) is 41.8 Å². The van der Waals surface area contributed by atoms with Crippen molar-refractivity contribution in [3.63, 3.8) is 0 Å². The smallest absolute Gasteiger partial charge is 0.124 e. The maximum atomic E-state index is 4.67. The van der Waals surface area contributed by atoms with Gasteiger partial charge in [0.05, 0.1) is 0 Å². The Bertz CT molecular complexity index is 310. The fourth-order valence-electron chi connectivity index (χ4n) is 0.931. The van der Waals surface area contributed by atoms with E-state index in [0.717, 1.165) is 11.4 Å². The van der Waals surface area contributed by atoms with Gasteiger partial charge in [-0.1, -0.05) is 5.16 Å². The Morgan fingerprint density at radius 1 is 1.33 bits per heavy atom. The highest BCUT2D eigenvalue weighted by Crippen LogP contribution is 2.03. The standard InChI is InChI=1S/C9H8N2O/c1-2-8(10-6-1)3-4-9-5-7-12-11-9/h1-7,10H/b4-3+. The van der Waals surface area contributed by atoms with Crippen LogP contribution in [0.25, 0.3) is 12.2 Å². The van der Waals surface area contributed by atoms with E-state index in [9.17, 15) is 0 Å². The van der Waals surface area contributed by atoms with Crippen LogP contribution in [-0.4, -0.2) is 10.1 Å². The molecule has 2 rings (SSSR count). The van der Waals surface area contributed by atoms with Gasteiger partial charge in [0.2, 0.25) is 0 Å². The molecule has 2 aromatic heterocycles. The molecule has 0 atom stereocenters. The lowest BCUT2D eigenvalue weighted by atomic mass is 10.3. The minimum atomic E-state index is 0.824. The number of nitrogens with one attached hydrogen (secondary N) is 1. The third-order valence-corrected chi connectivity index (χ3v) is 1.51. The van der Waals surface area contributed by atoms with E-state index in [4.69, 9.17) is 0 Å². The van der Waals surface area contributed by atoms with E-state index < -0.39 is 0 Å². The van der Waals surface area contributed by atoms with E-state index in [1.54, 1.807) is 12.3 Å². The second-order valence-electron chi connectivity index (χ2n) is 2.38. The number of hydrogen-bond donors (Lipinski definition) is 1. The lowest BCUT2D eigenvalue weighted by Crippen LogP contribution is -1.69. The molecule has 0 aliphatic rings. The Morgan fingerprint density at radius 3 is 3.00 bits per heavy atom. The predicted molar refractivity (Wildman–Crippen MR) is 46.2 cm³/mol. The number of hydrogen-bond acceptors (Lipinski definition) is 2. The lowest BCUT2D eigenvalue weighted by molar-refractivity contribution is 0.418. The minimum Gasteiger partial charge on any atom is -0.364 e. The Balaban J connectivity index is 2.14. The maximum absolute atomic E-state index is 4.67. The first-order chi connectivity index (χ1) is 5.95. The molecule has 0 aliphatic heterocycles. The van der Waals surface area contributed by atoms with E-state index in [1.165, 1.54) is 0 Å². The number of rotatable bonds is 2. The van der Waals surface area contributed by atoms with Crippen LogP contribution in [0.3, 0.4) is 0 Å². The Kier molecular flexibility index (Phi) is 1.78. The van der Waals surface area contributed by atoms with E-state index in [-0.39, 0.29) is 0 Å². The molecule has 0 radical (unpaired) electrons. The van der Waals surface area contributed by atoms with Crippen molar-refractivity contribution in [2.45, 2.75) is 0 Å². The molecule has 0 bridgehead atoms. The van der Waals surface area contributed by atoms with Crippen LogP contribution in [0.4, 0.5) is 0 Å². The van der Waals surface area contributed by atoms with Crippen molar-refractivity contribution in [1.82, 2.24) is 10.1 Å². The molecule has 2 aromatic rings. The first kappa shape index (κ1) is 6.91. The third-order valence-electron chi connectivity index (χ3n) is 1.51. The molecular formula is C9H8N2O. The van der Waals surface area contributed by atoms with Gasteiger partial charge in [-0.25, -0.2) is 0 Å². The summed E-state index contributed by atoms with van der Waals surface area (Å²) in [5.41, 5.74) is 1.88. The van der Waals surface area contributed by atoms with Crippen LogP contribution >= 0.6 is 0 Å². The van der Waals surface area contributed by atoms with Gasteiger partial charge < -0.3 is 9.51 Å². The fourth-order valence-corrected chi connectivity index (χ4v) is 0.931. The van der Waals surface area contributed by atoms with Crippen molar-refractivity contribution < 1.29 is 4.52 Å². The summed E-state index contributed by atoms with van der Waals surface area (Å²) in [5, 5.41) is 3.74. The molecule has 2 heterocycles. The van der Waals surface area contributed by atoms with E-state index in [0.29, 0.717) is 0 Å². The molecule has 0 aliphatic carbocycles. The average molecular weight is 160 g/mol. The van der Waals surface area contributed by atoms with Crippen molar-refractivity contribution in [2.24, 2.45) is 0 Å². The van der Waals surface area contributed by atoms with E-state index >= 15 is 0 Å². The van der Waals surface area contributed by atoms with Crippen molar-refractivity contribution >= 4 is 12.2 Å². The van der Waals surface area contributed by atoms with Gasteiger partial charge in [0, 0.05) is 18.0 Å². The van der Waals surface area contributed by atoms with Crippen molar-refractivity contribution in [3.8, 4) is 0 Å². The number of aromatic nitrogens is 2. The van der Waals surface area contributed by atoms with Crippen molar-refractivity contribution in [3.05, 3.63) is 42.0 Å². The van der Waals surface area contributed by atoms with Gasteiger partial charge in [-0.15, -0.1) is 0 Å². The molecule has 0 saturated carbocycles. The highest BCUT2D eigenvalue weighted by Gasteiger charge is 1.88. The molecule has 1 N–H and O–H groups in total. The number of nitrogens with zero attached hydrogens (tertiary/aromatic N) is 1. The average Bonchev–Trinajstić information content (AvgIpc) is 2.74. The molecule has 0 unspecified atom stereocenters. The van der Waals surface area contributed by atoms with Gasteiger partial charge in [-0.3, -0.25) is 0 Å². The largest absolute Gasteiger partial charge is 0.364 e. The Hall–Kier alpha value is -1.77. The third kappa shape index (κ3) is 1.45. The van der Waals surface area contributed by atoms with E-state index in [2.05, 4.69) is 14.7 Å². The number of H-pyrrole nitrogens is 1. The summed E-state index contributed by atoms with van der Waals surface area (Å²) in [6.07, 6.45) is 7.25. The van der Waals surface area contributed by atoms with E-state index in [1.807, 2.05) is 30.5 Å². The Morgan fingerprint density at radius 2 is 2.33 bits per heavy atom. The summed E-state index contributed by atoms with van der Waals surface area (Å²) < 4.78 is 4.67. The maximum Gasteiger partial charge on any atom is 0.124 e. The second-order valence-corrected chi connectivity index (χ2v) is 2.38. The normalized spacial score (nSPS) is 11.0. The number of aromatic amines is 1. The summed E-state index contributed by atoms with van der Waals surface area (Å²) in [4.78, 5) is 3.05. The zero-order valence-corrected chi connectivity index (χ0v) is 6.40. The SMILES string of the molecule is C(=C\c1ccc[nH]1)/c1ccon1. The summed E-state index contributed by atoms with van der Waals surface area (Å²) in [5.74, 6) is 0. The zero-order chi connectivity index (χ0) is 8.23. The van der Waals surface area contributed by atoms with Gasteiger partial charge in [0.15, 0.2) is 0 Å². The van der Waals surface area contributed by atoms with Gasteiger partial charge in [0.1, 0.15) is 12.0 Å². The van der Waals surface area contributed by atoms with Crippen LogP contribution in [-0.2, 0) is 0 Å². The molecule has 0 spiro atoms. The highest BCUT2D eigenvalue weighted by molar-refractivity contribution is 5.65. The first-order valence-corrected chi connectivity index (χ1v) is 3.67. The van der Waals surface area contributed by atoms with Crippen LogP contribution in [0.1, 0.15) is 11.4 Å². The van der Waals surface area contributed by atoms with Crippen LogP contribution in [0.15, 0.2) is 35.2 Å². The summed E-state index contributed by atoms with van der Waals surface area (Å²) in [6.45, 7) is 0. The molecule has 0 saturated heterocycles. The quantitative estimate of drug-likeness (QED) is 0.731. The molecule has 3 heteroatoms. The predicted octanol–water partition coefficient (Wildman–Crippen LogP) is 2.17. The first-order valence-electron chi connectivity index (χ1n) is 3.67. The van der Waals surface area contributed by atoms with Crippen LogP contribution in [0.2, 0.25) is 0 Å². The Labute approximate surface area is 69.7 Å². The fraction of sp³-hybridized carbons (Fsp3) is 0. The van der Waals surface area contributed by atoms with Crippen LogP contribution in [0.5, 0.6) is 0 Å². The molecule has 0 aromatic carbocycles. The monoisotopic (exact) mass is 160 g/mol. The van der Waals surface area contributed by atoms with Gasteiger partial charge in [-0.2, -0.15) is 0 Å². The summed E-state index contributed by atoms with van der Waals surface area (Å²) in [7, 11) is 0. The lowest BCUT2D eigenvalue weighted by Gasteiger charge is -1.82. The molecule has 60 valence electrons. The van der Waals surface area contributed by atoms with Crippen LogP contribution in [0, 0.1) is 0 Å². The molecule has 3 nitrogen and oxygen atoms in total. The molecule has 12 heavy (non-hydrogen) atoms. The van der Waals surface area contributed by atoms with Crippen LogP contribution < -0.4 is 0 Å². The minimum absolute atomic E-state index is 0.824. The van der Waals surface area contributed by atoms with Gasteiger partial charge >= 0.3 is 0 Å². The molecular weight excluding hydrogens is 152 g/mol.